The number of benzene rings is 2. The monoisotopic (exact) mass is 416 g/mol. The Labute approximate surface area is 178 Å². The molecule has 0 atom stereocenters. The molecule has 8 nitrogen and oxygen atoms in total. The van der Waals surface area contributed by atoms with Gasteiger partial charge in [0.25, 0.3) is 17.5 Å². The van der Waals surface area contributed by atoms with Crippen LogP contribution in [0.3, 0.4) is 0 Å². The van der Waals surface area contributed by atoms with Crippen LogP contribution in [0, 0.1) is 24.0 Å². The van der Waals surface area contributed by atoms with Gasteiger partial charge in [-0.2, -0.15) is 0 Å². The van der Waals surface area contributed by atoms with Crippen molar-refractivity contribution in [3.8, 4) is 0 Å². The van der Waals surface area contributed by atoms with Crippen molar-refractivity contribution in [1.29, 1.82) is 0 Å². The molecule has 0 unspecified atom stereocenters. The van der Waals surface area contributed by atoms with E-state index >= 15 is 0 Å². The van der Waals surface area contributed by atoms with Gasteiger partial charge < -0.3 is 10.6 Å². The maximum Gasteiger partial charge on any atom is 0.273 e. The van der Waals surface area contributed by atoms with Crippen molar-refractivity contribution in [2.45, 2.75) is 13.8 Å². The minimum Gasteiger partial charge on any atom is -0.317 e. The quantitative estimate of drug-likeness (QED) is 0.358. The number of non-ortho nitro benzene ring substituents is 1. The highest BCUT2D eigenvalue weighted by molar-refractivity contribution is 6.10. The van der Waals surface area contributed by atoms with Crippen molar-refractivity contribution in [1.82, 2.24) is 10.3 Å². The Kier molecular flexibility index (Phi) is 6.51. The summed E-state index contributed by atoms with van der Waals surface area (Å²) >= 11 is 0. The van der Waals surface area contributed by atoms with Crippen LogP contribution in [0.25, 0.3) is 6.08 Å². The van der Waals surface area contributed by atoms with E-state index in [2.05, 4.69) is 15.6 Å². The van der Waals surface area contributed by atoms with Crippen LogP contribution < -0.4 is 10.6 Å². The maximum absolute atomic E-state index is 12.9. The first-order valence-electron chi connectivity index (χ1n) is 9.40. The molecule has 31 heavy (non-hydrogen) atoms. The molecular weight excluding hydrogens is 396 g/mol. The summed E-state index contributed by atoms with van der Waals surface area (Å²) in [5.74, 6) is -0.770. The number of nitro benzene ring substituents is 1. The SMILES string of the molecule is Cc1ccc(C(=O)NC(=Cc2cccc([N+](=O)[O-])c2)C(=O)Nc2cc(C)ccn2)cc1. The van der Waals surface area contributed by atoms with Gasteiger partial charge in [0.15, 0.2) is 0 Å². The topological polar surface area (TPSA) is 114 Å². The molecule has 0 aliphatic heterocycles. The van der Waals surface area contributed by atoms with Crippen LogP contribution in [-0.2, 0) is 4.79 Å². The summed E-state index contributed by atoms with van der Waals surface area (Å²) in [6.45, 7) is 3.76. The molecule has 0 aliphatic carbocycles. The lowest BCUT2D eigenvalue weighted by atomic mass is 10.1. The fourth-order valence-electron chi connectivity index (χ4n) is 2.74. The summed E-state index contributed by atoms with van der Waals surface area (Å²) in [5, 5.41) is 16.3. The zero-order chi connectivity index (χ0) is 22.4. The smallest absolute Gasteiger partial charge is 0.273 e. The number of carbonyl (C=O) groups excluding carboxylic acids is 2. The Bertz CT molecular complexity index is 1170. The Morgan fingerprint density at radius 1 is 1.00 bits per heavy atom. The number of nitrogens with zero attached hydrogens (tertiary/aromatic N) is 2. The maximum atomic E-state index is 12.9. The summed E-state index contributed by atoms with van der Waals surface area (Å²) in [4.78, 5) is 40.2. The second-order valence-corrected chi connectivity index (χ2v) is 6.90. The van der Waals surface area contributed by atoms with E-state index in [9.17, 15) is 19.7 Å². The predicted octanol–water partition coefficient (Wildman–Crippen LogP) is 4.02. The fourth-order valence-corrected chi connectivity index (χ4v) is 2.74. The molecule has 3 aromatic rings. The molecule has 0 saturated heterocycles. The van der Waals surface area contributed by atoms with Crippen molar-refractivity contribution in [2.24, 2.45) is 0 Å². The van der Waals surface area contributed by atoms with Gasteiger partial charge in [-0.15, -0.1) is 0 Å². The van der Waals surface area contributed by atoms with Crippen LogP contribution in [-0.4, -0.2) is 21.7 Å². The van der Waals surface area contributed by atoms with Crippen molar-refractivity contribution < 1.29 is 14.5 Å². The molecule has 3 rings (SSSR count). The number of nitrogens with one attached hydrogen (secondary N) is 2. The van der Waals surface area contributed by atoms with E-state index in [1.54, 1.807) is 48.7 Å². The highest BCUT2D eigenvalue weighted by Gasteiger charge is 2.16. The van der Waals surface area contributed by atoms with Gasteiger partial charge in [0.1, 0.15) is 11.5 Å². The third-order valence-corrected chi connectivity index (χ3v) is 4.36. The number of rotatable bonds is 6. The molecule has 1 aromatic heterocycles. The molecule has 2 N–H and O–H groups in total. The van der Waals surface area contributed by atoms with Crippen molar-refractivity contribution in [3.05, 3.63) is 105 Å². The zero-order valence-electron chi connectivity index (χ0n) is 17.0. The van der Waals surface area contributed by atoms with Gasteiger partial charge in [0.05, 0.1) is 4.92 Å². The molecule has 0 spiro atoms. The largest absolute Gasteiger partial charge is 0.317 e. The highest BCUT2D eigenvalue weighted by Crippen LogP contribution is 2.16. The molecule has 0 radical (unpaired) electrons. The summed E-state index contributed by atoms with van der Waals surface area (Å²) in [5.41, 5.74) is 2.45. The van der Waals surface area contributed by atoms with Gasteiger partial charge in [0, 0.05) is 23.9 Å². The van der Waals surface area contributed by atoms with Crippen LogP contribution in [0.15, 0.2) is 72.6 Å². The standard InChI is InChI=1S/C23H20N4O4/c1-15-6-8-18(9-7-15)22(28)25-20(14-17-4-3-5-19(13-17)27(30)31)23(29)26-21-12-16(2)10-11-24-21/h3-14H,1-2H3,(H,25,28)(H,24,26,29). The Balaban J connectivity index is 1.93. The van der Waals surface area contributed by atoms with Crippen LogP contribution in [0.4, 0.5) is 11.5 Å². The zero-order valence-corrected chi connectivity index (χ0v) is 17.0. The first-order chi connectivity index (χ1) is 14.8. The van der Waals surface area contributed by atoms with E-state index in [0.29, 0.717) is 16.9 Å². The number of hydrogen-bond acceptors (Lipinski definition) is 5. The lowest BCUT2D eigenvalue weighted by Crippen LogP contribution is -2.31. The summed E-state index contributed by atoms with van der Waals surface area (Å²) < 4.78 is 0. The average molecular weight is 416 g/mol. The molecule has 8 heteroatoms. The number of carbonyl (C=O) groups is 2. The van der Waals surface area contributed by atoms with Crippen molar-refractivity contribution in [3.63, 3.8) is 0 Å². The Morgan fingerprint density at radius 3 is 2.42 bits per heavy atom. The average Bonchev–Trinajstić information content (AvgIpc) is 2.74. The van der Waals surface area contributed by atoms with Crippen molar-refractivity contribution >= 4 is 29.4 Å². The third-order valence-electron chi connectivity index (χ3n) is 4.36. The van der Waals surface area contributed by atoms with Crippen LogP contribution >= 0.6 is 0 Å². The van der Waals surface area contributed by atoms with Gasteiger partial charge in [-0.1, -0.05) is 29.8 Å². The lowest BCUT2D eigenvalue weighted by Gasteiger charge is -2.11. The van der Waals surface area contributed by atoms with Gasteiger partial charge in [0.2, 0.25) is 0 Å². The molecular formula is C23H20N4O4. The minimum absolute atomic E-state index is 0.0746. The summed E-state index contributed by atoms with van der Waals surface area (Å²) in [6, 6.07) is 16.1. The highest BCUT2D eigenvalue weighted by atomic mass is 16.6. The number of anilines is 1. The van der Waals surface area contributed by atoms with Gasteiger partial charge >= 0.3 is 0 Å². The number of amides is 2. The Hall–Kier alpha value is -4.33. The number of pyridine rings is 1. The predicted molar refractivity (Wildman–Crippen MR) is 117 cm³/mol. The minimum atomic E-state index is -0.606. The van der Waals surface area contributed by atoms with E-state index in [0.717, 1.165) is 11.1 Å². The number of hydrogen-bond donors (Lipinski definition) is 2. The molecule has 0 saturated carbocycles. The molecule has 2 aromatic carbocycles. The van der Waals surface area contributed by atoms with Crippen LogP contribution in [0.2, 0.25) is 0 Å². The number of aryl methyl sites for hydroxylation is 2. The second kappa shape index (κ2) is 9.45. The third kappa shape index (κ3) is 5.83. The number of aromatic nitrogens is 1. The summed E-state index contributed by atoms with van der Waals surface area (Å²) in [6.07, 6.45) is 2.93. The number of nitro groups is 1. The van der Waals surface area contributed by atoms with E-state index in [1.807, 2.05) is 13.8 Å². The van der Waals surface area contributed by atoms with E-state index < -0.39 is 16.7 Å². The molecule has 156 valence electrons. The van der Waals surface area contributed by atoms with Gasteiger partial charge in [-0.3, -0.25) is 19.7 Å². The van der Waals surface area contributed by atoms with Gasteiger partial charge in [-0.05, 0) is 55.3 Å². The summed E-state index contributed by atoms with van der Waals surface area (Å²) in [7, 11) is 0. The molecule has 0 aliphatic rings. The van der Waals surface area contributed by atoms with Crippen LogP contribution in [0.5, 0.6) is 0 Å². The van der Waals surface area contributed by atoms with Gasteiger partial charge in [-0.25, -0.2) is 4.98 Å². The normalized spacial score (nSPS) is 11.0. The lowest BCUT2D eigenvalue weighted by molar-refractivity contribution is -0.384. The van der Waals surface area contributed by atoms with Crippen LogP contribution in [0.1, 0.15) is 27.0 Å². The molecule has 0 fully saturated rings. The van der Waals surface area contributed by atoms with Crippen molar-refractivity contribution in [2.75, 3.05) is 5.32 Å². The van der Waals surface area contributed by atoms with E-state index in [4.69, 9.17) is 0 Å². The first kappa shape index (κ1) is 21.4. The van der Waals surface area contributed by atoms with E-state index in [-0.39, 0.29) is 11.4 Å². The molecule has 0 bridgehead atoms. The molecule has 2 amide bonds. The first-order valence-corrected chi connectivity index (χ1v) is 9.40. The van der Waals surface area contributed by atoms with E-state index in [1.165, 1.54) is 24.3 Å². The Morgan fingerprint density at radius 2 is 1.74 bits per heavy atom. The second-order valence-electron chi connectivity index (χ2n) is 6.90. The molecule has 1 heterocycles. The fraction of sp³-hybridized carbons (Fsp3) is 0.0870.